The zero-order valence-electron chi connectivity index (χ0n) is 8.81. The van der Waals surface area contributed by atoms with Gasteiger partial charge < -0.3 is 0 Å². The quantitative estimate of drug-likeness (QED) is 0.695. The van der Waals surface area contributed by atoms with Crippen LogP contribution in [-0.4, -0.2) is 4.98 Å². The highest BCUT2D eigenvalue weighted by Gasteiger charge is 2.13. The number of benzene rings is 1. The van der Waals surface area contributed by atoms with Gasteiger partial charge in [-0.1, -0.05) is 18.1 Å². The predicted molar refractivity (Wildman–Crippen MR) is 62.3 cm³/mol. The third-order valence-electron chi connectivity index (χ3n) is 2.35. The van der Waals surface area contributed by atoms with Crippen LogP contribution in [0.2, 0.25) is 0 Å². The Morgan fingerprint density at radius 3 is 2.65 bits per heavy atom. The molecule has 0 aliphatic heterocycles. The van der Waals surface area contributed by atoms with Crippen molar-refractivity contribution < 1.29 is 4.39 Å². The van der Waals surface area contributed by atoms with Crippen LogP contribution in [0.15, 0.2) is 36.5 Å². The van der Waals surface area contributed by atoms with Gasteiger partial charge in [0.25, 0.3) is 0 Å². The fourth-order valence-corrected chi connectivity index (χ4v) is 1.55. The molecule has 1 heterocycles. The van der Waals surface area contributed by atoms with Crippen molar-refractivity contribution >= 4 is 0 Å². The lowest BCUT2D eigenvalue weighted by atomic mass is 10.0. The highest BCUT2D eigenvalue weighted by atomic mass is 19.1. The van der Waals surface area contributed by atoms with E-state index in [-0.39, 0.29) is 16.8 Å². The lowest BCUT2D eigenvalue weighted by molar-refractivity contribution is 0.630. The number of halogens is 1. The SMILES string of the molecule is C#Cc1ccnc(-c2ccccc2F)c1C#N. The van der Waals surface area contributed by atoms with E-state index in [4.69, 9.17) is 11.7 Å². The van der Waals surface area contributed by atoms with Gasteiger partial charge in [0.2, 0.25) is 0 Å². The summed E-state index contributed by atoms with van der Waals surface area (Å²) in [5, 5.41) is 9.07. The molecule has 1 aromatic carbocycles. The molecule has 0 amide bonds. The number of nitrogens with zero attached hydrogens (tertiary/aromatic N) is 2. The van der Waals surface area contributed by atoms with E-state index in [1.54, 1.807) is 24.3 Å². The topological polar surface area (TPSA) is 36.7 Å². The van der Waals surface area contributed by atoms with Crippen molar-refractivity contribution in [1.82, 2.24) is 4.98 Å². The van der Waals surface area contributed by atoms with Crippen molar-refractivity contribution in [1.29, 1.82) is 5.26 Å². The molecule has 0 bridgehead atoms. The summed E-state index contributed by atoms with van der Waals surface area (Å²) in [6, 6.07) is 9.68. The van der Waals surface area contributed by atoms with Crippen LogP contribution in [-0.2, 0) is 0 Å². The summed E-state index contributed by atoms with van der Waals surface area (Å²) in [6.45, 7) is 0. The van der Waals surface area contributed by atoms with Crippen molar-refractivity contribution in [3.05, 3.63) is 53.5 Å². The van der Waals surface area contributed by atoms with Crippen LogP contribution in [0.5, 0.6) is 0 Å². The second kappa shape index (κ2) is 4.47. The molecule has 80 valence electrons. The lowest BCUT2D eigenvalue weighted by Crippen LogP contribution is -1.95. The minimum absolute atomic E-state index is 0.222. The van der Waals surface area contributed by atoms with Gasteiger partial charge in [0.05, 0.1) is 11.3 Å². The van der Waals surface area contributed by atoms with Gasteiger partial charge in [-0.3, -0.25) is 4.98 Å². The smallest absolute Gasteiger partial charge is 0.132 e. The molecule has 0 aliphatic rings. The third-order valence-corrected chi connectivity index (χ3v) is 2.35. The first-order valence-electron chi connectivity index (χ1n) is 4.88. The van der Waals surface area contributed by atoms with Crippen molar-refractivity contribution in [3.8, 4) is 29.7 Å². The van der Waals surface area contributed by atoms with Crippen LogP contribution in [0.3, 0.4) is 0 Å². The monoisotopic (exact) mass is 222 g/mol. The van der Waals surface area contributed by atoms with E-state index in [0.29, 0.717) is 5.56 Å². The molecule has 3 heteroatoms. The van der Waals surface area contributed by atoms with Crippen LogP contribution in [0.1, 0.15) is 11.1 Å². The molecule has 0 saturated carbocycles. The van der Waals surface area contributed by atoms with E-state index in [2.05, 4.69) is 10.9 Å². The van der Waals surface area contributed by atoms with E-state index in [0.717, 1.165) is 0 Å². The molecule has 0 fully saturated rings. The maximum absolute atomic E-state index is 13.6. The van der Waals surface area contributed by atoms with Crippen molar-refractivity contribution in [2.45, 2.75) is 0 Å². The average molecular weight is 222 g/mol. The van der Waals surface area contributed by atoms with Gasteiger partial charge in [-0.15, -0.1) is 6.42 Å². The Labute approximate surface area is 98.4 Å². The zero-order chi connectivity index (χ0) is 12.3. The number of hydrogen-bond acceptors (Lipinski definition) is 2. The molecule has 17 heavy (non-hydrogen) atoms. The average Bonchev–Trinajstić information content (AvgIpc) is 2.38. The Balaban J connectivity index is 2.75. The van der Waals surface area contributed by atoms with Crippen molar-refractivity contribution in [2.75, 3.05) is 0 Å². The van der Waals surface area contributed by atoms with Gasteiger partial charge in [0, 0.05) is 17.3 Å². The Kier molecular flexibility index (Phi) is 2.85. The summed E-state index contributed by atoms with van der Waals surface area (Å²) in [5.74, 6) is 1.97. The Morgan fingerprint density at radius 2 is 2.00 bits per heavy atom. The molecule has 2 rings (SSSR count). The maximum atomic E-state index is 13.6. The van der Waals surface area contributed by atoms with E-state index in [1.165, 1.54) is 12.3 Å². The van der Waals surface area contributed by atoms with Gasteiger partial charge >= 0.3 is 0 Å². The standard InChI is InChI=1S/C14H7FN2/c1-2-10-7-8-17-14(12(10)9-16)11-5-3-4-6-13(11)15/h1,3-8H. The van der Waals surface area contributed by atoms with Crippen LogP contribution in [0.25, 0.3) is 11.3 Å². The van der Waals surface area contributed by atoms with Gasteiger partial charge in [0.15, 0.2) is 0 Å². The van der Waals surface area contributed by atoms with E-state index >= 15 is 0 Å². The predicted octanol–water partition coefficient (Wildman–Crippen LogP) is 2.74. The summed E-state index contributed by atoms with van der Waals surface area (Å²) in [4.78, 5) is 4.03. The fourth-order valence-electron chi connectivity index (χ4n) is 1.55. The van der Waals surface area contributed by atoms with Crippen LogP contribution >= 0.6 is 0 Å². The van der Waals surface area contributed by atoms with Crippen LogP contribution in [0.4, 0.5) is 4.39 Å². The van der Waals surface area contributed by atoms with Gasteiger partial charge in [0.1, 0.15) is 11.9 Å². The molecule has 2 aromatic rings. The van der Waals surface area contributed by atoms with Crippen LogP contribution < -0.4 is 0 Å². The summed E-state index contributed by atoms with van der Waals surface area (Å²) >= 11 is 0. The Hall–Kier alpha value is -2.65. The van der Waals surface area contributed by atoms with Gasteiger partial charge in [-0.2, -0.15) is 5.26 Å². The molecule has 0 aliphatic carbocycles. The molecule has 2 nitrogen and oxygen atoms in total. The summed E-state index contributed by atoms with van der Waals surface area (Å²) in [5.41, 5.74) is 1.20. The molecule has 0 saturated heterocycles. The molecule has 0 N–H and O–H groups in total. The summed E-state index contributed by atoms with van der Waals surface area (Å²) in [7, 11) is 0. The number of rotatable bonds is 1. The molecular formula is C14H7FN2. The zero-order valence-corrected chi connectivity index (χ0v) is 8.81. The second-order valence-corrected chi connectivity index (χ2v) is 3.32. The van der Waals surface area contributed by atoms with E-state index in [1.807, 2.05) is 6.07 Å². The number of terminal acetylenes is 1. The number of hydrogen-bond donors (Lipinski definition) is 0. The van der Waals surface area contributed by atoms with E-state index < -0.39 is 5.82 Å². The summed E-state index contributed by atoms with van der Waals surface area (Å²) < 4.78 is 13.6. The Bertz CT molecular complexity index is 648. The number of pyridine rings is 1. The minimum atomic E-state index is -0.425. The molecule has 0 atom stereocenters. The maximum Gasteiger partial charge on any atom is 0.132 e. The molecule has 0 radical (unpaired) electrons. The fraction of sp³-hybridized carbons (Fsp3) is 0. The highest BCUT2D eigenvalue weighted by Crippen LogP contribution is 2.25. The molecule has 1 aromatic heterocycles. The van der Waals surface area contributed by atoms with Gasteiger partial charge in [-0.25, -0.2) is 4.39 Å². The van der Waals surface area contributed by atoms with Crippen molar-refractivity contribution in [3.63, 3.8) is 0 Å². The first kappa shape index (κ1) is 10.9. The molecule has 0 unspecified atom stereocenters. The first-order chi connectivity index (χ1) is 8.27. The third kappa shape index (κ3) is 1.87. The normalized spacial score (nSPS) is 9.35. The van der Waals surface area contributed by atoms with E-state index in [9.17, 15) is 4.39 Å². The Morgan fingerprint density at radius 1 is 1.24 bits per heavy atom. The van der Waals surface area contributed by atoms with Crippen LogP contribution in [0, 0.1) is 29.5 Å². The number of aromatic nitrogens is 1. The molecular weight excluding hydrogens is 215 g/mol. The lowest BCUT2D eigenvalue weighted by Gasteiger charge is -2.05. The van der Waals surface area contributed by atoms with Crippen molar-refractivity contribution in [2.24, 2.45) is 0 Å². The largest absolute Gasteiger partial charge is 0.255 e. The highest BCUT2D eigenvalue weighted by molar-refractivity contribution is 5.70. The minimum Gasteiger partial charge on any atom is -0.255 e. The molecule has 0 spiro atoms. The first-order valence-corrected chi connectivity index (χ1v) is 4.88. The second-order valence-electron chi connectivity index (χ2n) is 3.32. The number of nitriles is 1. The van der Waals surface area contributed by atoms with Gasteiger partial charge in [-0.05, 0) is 18.2 Å². The summed E-state index contributed by atoms with van der Waals surface area (Å²) in [6.07, 6.45) is 6.76.